The molecule has 3 aromatic rings. The molecule has 1 aromatic heterocycles. The van der Waals surface area contributed by atoms with Gasteiger partial charge in [-0.15, -0.1) is 0 Å². The summed E-state index contributed by atoms with van der Waals surface area (Å²) < 4.78 is 12.1. The van der Waals surface area contributed by atoms with Gasteiger partial charge in [0.1, 0.15) is 39.6 Å². The molecule has 37 heavy (non-hydrogen) atoms. The van der Waals surface area contributed by atoms with Crippen molar-refractivity contribution in [2.45, 2.75) is 59.0 Å². The lowest BCUT2D eigenvalue weighted by Gasteiger charge is -2.34. The quantitative estimate of drug-likeness (QED) is 0.249. The van der Waals surface area contributed by atoms with E-state index in [0.29, 0.717) is 11.1 Å². The number of phenolic OH excluding ortho intramolecular Hbond substituents is 4. The SMILES string of the molecule is C=C(C)[C@H]1Cc2c(oc3cc(O)c(CC=C(C)C)c(O)c3c2=O)-c2c(O)c3c(c(O)c21)OC(C)(C)C=C3. The molecule has 1 aliphatic heterocycles. The van der Waals surface area contributed by atoms with Crippen LogP contribution in [0.3, 0.4) is 0 Å². The van der Waals surface area contributed by atoms with Crippen molar-refractivity contribution in [3.63, 3.8) is 0 Å². The van der Waals surface area contributed by atoms with Crippen LogP contribution >= 0.6 is 0 Å². The first-order valence-electron chi connectivity index (χ1n) is 12.1. The summed E-state index contributed by atoms with van der Waals surface area (Å²) in [6.45, 7) is 13.3. The summed E-state index contributed by atoms with van der Waals surface area (Å²) in [6.07, 6.45) is 5.67. The molecule has 4 N–H and O–H groups in total. The van der Waals surface area contributed by atoms with E-state index in [1.807, 2.05) is 33.8 Å². The second kappa shape index (κ2) is 8.20. The first-order chi connectivity index (χ1) is 17.3. The van der Waals surface area contributed by atoms with Gasteiger partial charge in [0.25, 0.3) is 0 Å². The van der Waals surface area contributed by atoms with E-state index in [2.05, 4.69) is 6.58 Å². The molecule has 0 fully saturated rings. The van der Waals surface area contributed by atoms with Crippen molar-refractivity contribution in [3.8, 4) is 40.1 Å². The van der Waals surface area contributed by atoms with Crippen LogP contribution in [0.4, 0.5) is 0 Å². The fourth-order valence-corrected chi connectivity index (χ4v) is 5.17. The van der Waals surface area contributed by atoms with Gasteiger partial charge in [0, 0.05) is 28.7 Å². The Labute approximate surface area is 214 Å². The van der Waals surface area contributed by atoms with E-state index < -0.39 is 16.9 Å². The third-order valence-corrected chi connectivity index (χ3v) is 7.12. The van der Waals surface area contributed by atoms with Crippen molar-refractivity contribution < 1.29 is 29.6 Å². The number of phenols is 4. The first-order valence-corrected chi connectivity index (χ1v) is 12.1. The van der Waals surface area contributed by atoms with Gasteiger partial charge in [-0.1, -0.05) is 23.8 Å². The lowest BCUT2D eigenvalue weighted by Crippen LogP contribution is -2.28. The second-order valence-corrected chi connectivity index (χ2v) is 10.7. The zero-order valence-corrected chi connectivity index (χ0v) is 21.5. The van der Waals surface area contributed by atoms with E-state index in [0.717, 1.165) is 5.57 Å². The molecule has 2 aliphatic rings. The van der Waals surface area contributed by atoms with E-state index in [1.165, 1.54) is 6.07 Å². The van der Waals surface area contributed by atoms with Crippen molar-refractivity contribution in [1.82, 2.24) is 0 Å². The Bertz CT molecular complexity index is 1630. The van der Waals surface area contributed by atoms with Crippen LogP contribution in [0.2, 0.25) is 0 Å². The van der Waals surface area contributed by atoms with Crippen LogP contribution < -0.4 is 10.2 Å². The van der Waals surface area contributed by atoms with Crippen LogP contribution in [0.5, 0.6) is 28.7 Å². The summed E-state index contributed by atoms with van der Waals surface area (Å²) in [4.78, 5) is 13.8. The van der Waals surface area contributed by atoms with E-state index in [4.69, 9.17) is 9.15 Å². The Morgan fingerprint density at radius 1 is 1.14 bits per heavy atom. The highest BCUT2D eigenvalue weighted by Crippen LogP contribution is 2.57. The molecule has 0 radical (unpaired) electrons. The van der Waals surface area contributed by atoms with E-state index >= 15 is 0 Å². The third kappa shape index (κ3) is 3.68. The van der Waals surface area contributed by atoms with Crippen LogP contribution in [0.25, 0.3) is 28.4 Å². The number of aromatic hydroxyl groups is 4. The molecule has 7 heteroatoms. The molecule has 192 valence electrons. The van der Waals surface area contributed by atoms with Crippen molar-refractivity contribution >= 4 is 17.0 Å². The number of allylic oxidation sites excluding steroid dienone is 3. The molecule has 2 heterocycles. The highest BCUT2D eigenvalue weighted by Gasteiger charge is 2.40. The van der Waals surface area contributed by atoms with Crippen LogP contribution in [-0.2, 0) is 12.8 Å². The summed E-state index contributed by atoms with van der Waals surface area (Å²) in [5.41, 5.74) is 1.77. The van der Waals surface area contributed by atoms with Gasteiger partial charge in [-0.2, -0.15) is 0 Å². The summed E-state index contributed by atoms with van der Waals surface area (Å²) in [7, 11) is 0. The zero-order chi connectivity index (χ0) is 27.0. The number of hydrogen-bond acceptors (Lipinski definition) is 7. The average molecular weight is 503 g/mol. The Balaban J connectivity index is 1.86. The maximum atomic E-state index is 13.8. The molecule has 5 rings (SSSR count). The van der Waals surface area contributed by atoms with Crippen molar-refractivity contribution in [2.75, 3.05) is 0 Å². The van der Waals surface area contributed by atoms with Crippen LogP contribution in [0, 0.1) is 0 Å². The molecule has 2 aromatic carbocycles. The van der Waals surface area contributed by atoms with E-state index in [1.54, 1.807) is 19.1 Å². The van der Waals surface area contributed by atoms with Crippen molar-refractivity contribution in [1.29, 1.82) is 0 Å². The summed E-state index contributed by atoms with van der Waals surface area (Å²) in [5.74, 6) is -1.17. The Morgan fingerprint density at radius 3 is 2.49 bits per heavy atom. The van der Waals surface area contributed by atoms with Gasteiger partial charge in [0.15, 0.2) is 16.9 Å². The van der Waals surface area contributed by atoms with Gasteiger partial charge in [-0.05, 0) is 59.6 Å². The minimum absolute atomic E-state index is 0.0241. The highest BCUT2D eigenvalue weighted by atomic mass is 16.5. The Morgan fingerprint density at radius 2 is 1.84 bits per heavy atom. The van der Waals surface area contributed by atoms with Crippen LogP contribution in [-0.4, -0.2) is 26.0 Å². The number of ether oxygens (including phenoxy) is 1. The molecule has 0 spiro atoms. The number of rotatable bonds is 3. The second-order valence-electron chi connectivity index (χ2n) is 10.7. The predicted molar refractivity (Wildman–Crippen MR) is 143 cm³/mol. The maximum absolute atomic E-state index is 13.8. The number of hydrogen-bond donors (Lipinski definition) is 4. The van der Waals surface area contributed by atoms with E-state index in [-0.39, 0.29) is 80.6 Å². The Hall–Kier alpha value is -4.13. The molecular formula is C30H30O7. The predicted octanol–water partition coefficient (Wildman–Crippen LogP) is 6.19. The smallest absolute Gasteiger partial charge is 0.200 e. The minimum Gasteiger partial charge on any atom is -0.507 e. The van der Waals surface area contributed by atoms with Gasteiger partial charge in [0.05, 0.1) is 11.1 Å². The summed E-state index contributed by atoms with van der Waals surface area (Å²) in [6, 6.07) is 1.30. The number of fused-ring (bicyclic) bond motifs is 5. The largest absolute Gasteiger partial charge is 0.507 e. The minimum atomic E-state index is -0.697. The maximum Gasteiger partial charge on any atom is 0.200 e. The van der Waals surface area contributed by atoms with Gasteiger partial charge >= 0.3 is 0 Å². The van der Waals surface area contributed by atoms with Gasteiger partial charge in [-0.25, -0.2) is 0 Å². The molecule has 1 aliphatic carbocycles. The normalized spacial score (nSPS) is 16.9. The molecular weight excluding hydrogens is 472 g/mol. The fraction of sp³-hybridized carbons (Fsp3) is 0.300. The van der Waals surface area contributed by atoms with Gasteiger partial charge in [0.2, 0.25) is 0 Å². The standard InChI is InChI=1S/C30H30O7/c1-13(2)7-8-15-19(31)12-20-22(24(15)32)26(34)18-11-17(14(3)4)21-23(28(18)36-20)25(33)16-9-10-30(5,6)37-29(16)27(21)35/h7,9-10,12,17,31-33,35H,3,8,11H2,1-2,4-6H3/t17-/m1/s1. The topological polar surface area (TPSA) is 120 Å². The molecule has 7 nitrogen and oxygen atoms in total. The first kappa shape index (κ1) is 24.6. The van der Waals surface area contributed by atoms with Crippen LogP contribution in [0.1, 0.15) is 62.8 Å². The molecule has 0 saturated heterocycles. The highest BCUT2D eigenvalue weighted by molar-refractivity contribution is 5.93. The van der Waals surface area contributed by atoms with Gasteiger partial charge < -0.3 is 29.6 Å². The van der Waals surface area contributed by atoms with Crippen molar-refractivity contribution in [2.24, 2.45) is 0 Å². The lowest BCUT2D eigenvalue weighted by atomic mass is 9.76. The van der Waals surface area contributed by atoms with E-state index in [9.17, 15) is 25.2 Å². The summed E-state index contributed by atoms with van der Waals surface area (Å²) in [5, 5.41) is 44.4. The molecule has 1 atom stereocenters. The van der Waals surface area contributed by atoms with Crippen molar-refractivity contribution in [3.05, 3.63) is 68.4 Å². The Kier molecular flexibility index (Phi) is 5.44. The third-order valence-electron chi connectivity index (χ3n) is 7.12. The molecule has 0 amide bonds. The fourth-order valence-electron chi connectivity index (χ4n) is 5.17. The molecule has 0 unspecified atom stereocenters. The molecule has 0 bridgehead atoms. The van der Waals surface area contributed by atoms with Crippen LogP contribution in [0.15, 0.2) is 45.2 Å². The van der Waals surface area contributed by atoms with Gasteiger partial charge in [-0.3, -0.25) is 4.79 Å². The average Bonchev–Trinajstić information content (AvgIpc) is 2.80. The monoisotopic (exact) mass is 502 g/mol. The summed E-state index contributed by atoms with van der Waals surface area (Å²) >= 11 is 0. The number of benzene rings is 2. The molecule has 0 saturated carbocycles. The zero-order valence-electron chi connectivity index (χ0n) is 21.5. The lowest BCUT2D eigenvalue weighted by molar-refractivity contribution is 0.151.